The highest BCUT2D eigenvalue weighted by Crippen LogP contribution is 2.12. The van der Waals surface area contributed by atoms with E-state index < -0.39 is 0 Å². The fraction of sp³-hybridized carbons (Fsp3) is 0.267. The monoisotopic (exact) mass is 242 g/mol. The minimum Gasteiger partial charge on any atom is -0.356 e. The van der Waals surface area contributed by atoms with Gasteiger partial charge < -0.3 is 9.88 Å². The summed E-state index contributed by atoms with van der Waals surface area (Å²) in [6.07, 6.45) is 3.37. The van der Waals surface area contributed by atoms with Gasteiger partial charge in [-0.1, -0.05) is 25.1 Å². The first kappa shape index (κ1) is 12.4. The Bertz CT molecular complexity index is 502. The van der Waals surface area contributed by atoms with E-state index in [-0.39, 0.29) is 5.91 Å². The fourth-order valence-electron chi connectivity index (χ4n) is 1.89. The van der Waals surface area contributed by atoms with Crippen LogP contribution in [0, 0.1) is 0 Å². The molecule has 0 spiro atoms. The maximum Gasteiger partial charge on any atom is 0.225 e. The fourth-order valence-corrected chi connectivity index (χ4v) is 1.89. The molecule has 1 aromatic carbocycles. The second-order valence-corrected chi connectivity index (χ2v) is 4.23. The van der Waals surface area contributed by atoms with E-state index in [1.165, 1.54) is 0 Å². The van der Waals surface area contributed by atoms with E-state index in [0.717, 1.165) is 24.3 Å². The summed E-state index contributed by atoms with van der Waals surface area (Å²) in [6, 6.07) is 14.0. The van der Waals surface area contributed by atoms with Gasteiger partial charge >= 0.3 is 0 Å². The molecule has 1 amide bonds. The van der Waals surface area contributed by atoms with Gasteiger partial charge in [-0.25, -0.2) is 0 Å². The number of benzene rings is 1. The first-order valence-electron chi connectivity index (χ1n) is 6.29. The minimum absolute atomic E-state index is 0.0766. The Balaban J connectivity index is 2.11. The molecule has 3 heteroatoms. The standard InChI is InChI=1S/C15H18N2O/c1-2-10-16-15(18)12-14-9-6-11-17(14)13-7-4-3-5-8-13/h3-9,11H,2,10,12H2,1H3,(H,16,18). The summed E-state index contributed by atoms with van der Waals surface area (Å²) >= 11 is 0. The van der Waals surface area contributed by atoms with E-state index in [1.807, 2.05) is 60.2 Å². The SMILES string of the molecule is CCCNC(=O)Cc1cccn1-c1ccccc1. The molecule has 0 fully saturated rings. The Hall–Kier alpha value is -2.03. The first-order valence-corrected chi connectivity index (χ1v) is 6.29. The summed E-state index contributed by atoms with van der Waals surface area (Å²) in [5, 5.41) is 2.90. The molecule has 0 aliphatic heterocycles. The van der Waals surface area contributed by atoms with Gasteiger partial charge in [-0.15, -0.1) is 0 Å². The van der Waals surface area contributed by atoms with Gasteiger partial charge in [0.05, 0.1) is 6.42 Å². The van der Waals surface area contributed by atoms with Gasteiger partial charge in [-0.2, -0.15) is 0 Å². The van der Waals surface area contributed by atoms with Crippen molar-refractivity contribution in [3.05, 3.63) is 54.4 Å². The Morgan fingerprint density at radius 3 is 2.67 bits per heavy atom. The Kier molecular flexibility index (Phi) is 4.18. The van der Waals surface area contributed by atoms with Crippen molar-refractivity contribution in [2.45, 2.75) is 19.8 Å². The molecule has 0 bridgehead atoms. The Morgan fingerprint density at radius 1 is 1.17 bits per heavy atom. The van der Waals surface area contributed by atoms with Crippen molar-refractivity contribution >= 4 is 5.91 Å². The number of aromatic nitrogens is 1. The molecule has 1 heterocycles. The number of amides is 1. The van der Waals surface area contributed by atoms with Crippen LogP contribution in [0.1, 0.15) is 19.0 Å². The highest BCUT2D eigenvalue weighted by atomic mass is 16.1. The molecule has 0 radical (unpaired) electrons. The van der Waals surface area contributed by atoms with Gasteiger partial charge in [0.15, 0.2) is 0 Å². The van der Waals surface area contributed by atoms with Gasteiger partial charge in [0, 0.05) is 24.1 Å². The zero-order chi connectivity index (χ0) is 12.8. The number of carbonyl (C=O) groups is 1. The van der Waals surface area contributed by atoms with Crippen molar-refractivity contribution in [1.29, 1.82) is 0 Å². The maximum absolute atomic E-state index is 11.7. The first-order chi connectivity index (χ1) is 8.81. The van der Waals surface area contributed by atoms with E-state index >= 15 is 0 Å². The highest BCUT2D eigenvalue weighted by molar-refractivity contribution is 5.78. The minimum atomic E-state index is 0.0766. The molecule has 0 atom stereocenters. The van der Waals surface area contributed by atoms with Crippen LogP contribution in [0.5, 0.6) is 0 Å². The van der Waals surface area contributed by atoms with Gasteiger partial charge in [0.2, 0.25) is 5.91 Å². The summed E-state index contributed by atoms with van der Waals surface area (Å²) < 4.78 is 2.05. The summed E-state index contributed by atoms with van der Waals surface area (Å²) in [5.74, 6) is 0.0766. The lowest BCUT2D eigenvalue weighted by atomic mass is 10.2. The lowest BCUT2D eigenvalue weighted by Crippen LogP contribution is -2.26. The second-order valence-electron chi connectivity index (χ2n) is 4.23. The molecule has 0 aliphatic rings. The number of hydrogen-bond donors (Lipinski definition) is 1. The molecule has 3 nitrogen and oxygen atoms in total. The molecule has 94 valence electrons. The van der Waals surface area contributed by atoms with Gasteiger partial charge in [-0.05, 0) is 30.7 Å². The lowest BCUT2D eigenvalue weighted by Gasteiger charge is -2.09. The molecule has 18 heavy (non-hydrogen) atoms. The van der Waals surface area contributed by atoms with E-state index in [0.29, 0.717) is 6.42 Å². The smallest absolute Gasteiger partial charge is 0.225 e. The molecule has 2 aromatic rings. The van der Waals surface area contributed by atoms with Crippen LogP contribution in [0.3, 0.4) is 0 Å². The van der Waals surface area contributed by atoms with Crippen molar-refractivity contribution in [2.24, 2.45) is 0 Å². The van der Waals surface area contributed by atoms with Crippen LogP contribution in [0.2, 0.25) is 0 Å². The average molecular weight is 242 g/mol. The number of para-hydroxylation sites is 1. The number of nitrogens with one attached hydrogen (secondary N) is 1. The quantitative estimate of drug-likeness (QED) is 0.859. The summed E-state index contributed by atoms with van der Waals surface area (Å²) in [6.45, 7) is 2.79. The Morgan fingerprint density at radius 2 is 1.94 bits per heavy atom. The molecule has 0 saturated heterocycles. The van der Waals surface area contributed by atoms with Crippen LogP contribution in [-0.2, 0) is 11.2 Å². The zero-order valence-electron chi connectivity index (χ0n) is 10.6. The highest BCUT2D eigenvalue weighted by Gasteiger charge is 2.07. The zero-order valence-corrected chi connectivity index (χ0v) is 10.6. The molecule has 0 saturated carbocycles. The number of rotatable bonds is 5. The third-order valence-corrected chi connectivity index (χ3v) is 2.78. The number of carbonyl (C=O) groups excluding carboxylic acids is 1. The molecular weight excluding hydrogens is 224 g/mol. The van der Waals surface area contributed by atoms with Crippen LogP contribution < -0.4 is 5.32 Å². The van der Waals surface area contributed by atoms with E-state index in [1.54, 1.807) is 0 Å². The van der Waals surface area contributed by atoms with Crippen molar-refractivity contribution in [1.82, 2.24) is 9.88 Å². The summed E-state index contributed by atoms with van der Waals surface area (Å²) in [7, 11) is 0. The van der Waals surface area contributed by atoms with Crippen LogP contribution in [0.4, 0.5) is 0 Å². The maximum atomic E-state index is 11.7. The molecular formula is C15H18N2O. The van der Waals surface area contributed by atoms with Gasteiger partial charge in [-0.3, -0.25) is 4.79 Å². The van der Waals surface area contributed by atoms with Crippen LogP contribution in [0.25, 0.3) is 5.69 Å². The van der Waals surface area contributed by atoms with E-state index in [4.69, 9.17) is 0 Å². The molecule has 1 aromatic heterocycles. The van der Waals surface area contributed by atoms with Gasteiger partial charge in [0.1, 0.15) is 0 Å². The van der Waals surface area contributed by atoms with Crippen molar-refractivity contribution < 1.29 is 4.79 Å². The van der Waals surface area contributed by atoms with Crippen molar-refractivity contribution in [3.8, 4) is 5.69 Å². The third kappa shape index (κ3) is 3.00. The number of hydrogen-bond acceptors (Lipinski definition) is 1. The number of nitrogens with zero attached hydrogens (tertiary/aromatic N) is 1. The third-order valence-electron chi connectivity index (χ3n) is 2.78. The summed E-state index contributed by atoms with van der Waals surface area (Å²) in [5.41, 5.74) is 2.09. The van der Waals surface area contributed by atoms with E-state index in [9.17, 15) is 4.79 Å². The van der Waals surface area contributed by atoms with Crippen LogP contribution in [-0.4, -0.2) is 17.0 Å². The van der Waals surface area contributed by atoms with Crippen LogP contribution in [0.15, 0.2) is 48.7 Å². The lowest BCUT2D eigenvalue weighted by molar-refractivity contribution is -0.120. The summed E-state index contributed by atoms with van der Waals surface area (Å²) in [4.78, 5) is 11.7. The molecule has 0 aliphatic carbocycles. The van der Waals surface area contributed by atoms with Crippen molar-refractivity contribution in [2.75, 3.05) is 6.54 Å². The van der Waals surface area contributed by atoms with Crippen LogP contribution >= 0.6 is 0 Å². The largest absolute Gasteiger partial charge is 0.356 e. The normalized spacial score (nSPS) is 10.3. The average Bonchev–Trinajstić information content (AvgIpc) is 2.85. The second kappa shape index (κ2) is 6.05. The molecule has 1 N–H and O–H groups in total. The molecule has 2 rings (SSSR count). The Labute approximate surface area is 107 Å². The van der Waals surface area contributed by atoms with Crippen molar-refractivity contribution in [3.63, 3.8) is 0 Å². The topological polar surface area (TPSA) is 34.0 Å². The predicted molar refractivity (Wildman–Crippen MR) is 72.8 cm³/mol. The predicted octanol–water partition coefficient (Wildman–Crippen LogP) is 2.55. The van der Waals surface area contributed by atoms with Gasteiger partial charge in [0.25, 0.3) is 0 Å². The van der Waals surface area contributed by atoms with E-state index in [2.05, 4.69) is 5.32 Å². The molecule has 0 unspecified atom stereocenters.